The van der Waals surface area contributed by atoms with Crippen molar-refractivity contribution >= 4 is 11.7 Å². The third kappa shape index (κ3) is 2.67. The minimum atomic E-state index is -0.766. The second-order valence-electron chi connectivity index (χ2n) is 4.42. The summed E-state index contributed by atoms with van der Waals surface area (Å²) in [6.45, 7) is 0. The van der Waals surface area contributed by atoms with Gasteiger partial charge in [-0.3, -0.25) is 4.79 Å². The molecule has 1 saturated carbocycles. The van der Waals surface area contributed by atoms with Gasteiger partial charge in [-0.2, -0.15) is 0 Å². The van der Waals surface area contributed by atoms with Crippen LogP contribution in [0.4, 0.5) is 5.69 Å². The zero-order valence-electron chi connectivity index (χ0n) is 9.77. The SMILES string of the molecule is COc1cc(NC2(CC(=O)O)CCC2)ccn1. The molecule has 0 spiro atoms. The van der Waals surface area contributed by atoms with Crippen LogP contribution >= 0.6 is 0 Å². The zero-order valence-corrected chi connectivity index (χ0v) is 9.77. The van der Waals surface area contributed by atoms with E-state index in [-0.39, 0.29) is 12.0 Å². The van der Waals surface area contributed by atoms with E-state index < -0.39 is 5.97 Å². The number of carboxylic acids is 1. The predicted molar refractivity (Wildman–Crippen MR) is 63.2 cm³/mol. The molecule has 2 N–H and O–H groups in total. The lowest BCUT2D eigenvalue weighted by molar-refractivity contribution is -0.138. The van der Waals surface area contributed by atoms with Gasteiger partial charge in [0.25, 0.3) is 0 Å². The van der Waals surface area contributed by atoms with Gasteiger partial charge in [0.05, 0.1) is 13.5 Å². The number of nitrogens with one attached hydrogen (secondary N) is 1. The number of rotatable bonds is 5. The Kier molecular flexibility index (Phi) is 3.17. The summed E-state index contributed by atoms with van der Waals surface area (Å²) in [5.74, 6) is -0.238. The molecule has 1 aliphatic carbocycles. The number of nitrogens with zero attached hydrogens (tertiary/aromatic N) is 1. The number of carbonyl (C=O) groups is 1. The molecule has 1 heterocycles. The highest BCUT2D eigenvalue weighted by Gasteiger charge is 2.38. The van der Waals surface area contributed by atoms with E-state index in [0.29, 0.717) is 5.88 Å². The van der Waals surface area contributed by atoms with E-state index in [0.717, 1.165) is 24.9 Å². The van der Waals surface area contributed by atoms with Crippen LogP contribution in [0.25, 0.3) is 0 Å². The molecule has 0 aliphatic heterocycles. The highest BCUT2D eigenvalue weighted by molar-refractivity contribution is 5.70. The Morgan fingerprint density at radius 3 is 2.94 bits per heavy atom. The molecule has 5 nitrogen and oxygen atoms in total. The van der Waals surface area contributed by atoms with Crippen molar-refractivity contribution in [1.29, 1.82) is 0 Å². The van der Waals surface area contributed by atoms with E-state index in [4.69, 9.17) is 9.84 Å². The van der Waals surface area contributed by atoms with Gasteiger partial charge in [-0.25, -0.2) is 4.98 Å². The van der Waals surface area contributed by atoms with Gasteiger partial charge in [0.2, 0.25) is 5.88 Å². The van der Waals surface area contributed by atoms with Crippen molar-refractivity contribution in [1.82, 2.24) is 4.98 Å². The predicted octanol–water partition coefficient (Wildman–Crippen LogP) is 1.90. The minimum absolute atomic E-state index is 0.150. The van der Waals surface area contributed by atoms with Crippen molar-refractivity contribution in [3.8, 4) is 5.88 Å². The number of ether oxygens (including phenoxy) is 1. The molecule has 0 bridgehead atoms. The van der Waals surface area contributed by atoms with Gasteiger partial charge in [-0.1, -0.05) is 0 Å². The monoisotopic (exact) mass is 236 g/mol. The number of anilines is 1. The highest BCUT2D eigenvalue weighted by Crippen LogP contribution is 2.38. The fourth-order valence-corrected chi connectivity index (χ4v) is 2.14. The van der Waals surface area contributed by atoms with E-state index in [1.54, 1.807) is 19.4 Å². The van der Waals surface area contributed by atoms with Crippen molar-refractivity contribution in [2.45, 2.75) is 31.2 Å². The number of hydrogen-bond donors (Lipinski definition) is 2. The molecule has 0 aromatic carbocycles. The quantitative estimate of drug-likeness (QED) is 0.817. The van der Waals surface area contributed by atoms with E-state index in [2.05, 4.69) is 10.3 Å². The fraction of sp³-hybridized carbons (Fsp3) is 0.500. The molecule has 17 heavy (non-hydrogen) atoms. The van der Waals surface area contributed by atoms with Crippen molar-refractivity contribution in [2.24, 2.45) is 0 Å². The molecule has 0 amide bonds. The smallest absolute Gasteiger partial charge is 0.305 e. The number of pyridine rings is 1. The van der Waals surface area contributed by atoms with Crippen molar-refractivity contribution in [3.63, 3.8) is 0 Å². The maximum Gasteiger partial charge on any atom is 0.305 e. The van der Waals surface area contributed by atoms with Crippen LogP contribution in [-0.2, 0) is 4.79 Å². The second-order valence-corrected chi connectivity index (χ2v) is 4.42. The van der Waals surface area contributed by atoms with Gasteiger partial charge in [0, 0.05) is 23.5 Å². The summed E-state index contributed by atoms with van der Waals surface area (Å²) in [5, 5.41) is 12.2. The Hall–Kier alpha value is -1.78. The highest BCUT2D eigenvalue weighted by atomic mass is 16.5. The summed E-state index contributed by atoms with van der Waals surface area (Å²) in [5.41, 5.74) is 0.566. The van der Waals surface area contributed by atoms with Gasteiger partial charge >= 0.3 is 5.97 Å². The lowest BCUT2D eigenvalue weighted by Crippen LogP contribution is -2.46. The first kappa shape index (κ1) is 11.7. The second kappa shape index (κ2) is 4.61. The third-order valence-electron chi connectivity index (χ3n) is 3.15. The zero-order chi connectivity index (χ0) is 12.3. The maximum atomic E-state index is 10.8. The van der Waals surface area contributed by atoms with E-state index in [9.17, 15) is 4.79 Å². The van der Waals surface area contributed by atoms with Crippen molar-refractivity contribution in [3.05, 3.63) is 18.3 Å². The fourth-order valence-electron chi connectivity index (χ4n) is 2.14. The maximum absolute atomic E-state index is 10.8. The Morgan fingerprint density at radius 1 is 1.65 bits per heavy atom. The van der Waals surface area contributed by atoms with Crippen molar-refractivity contribution < 1.29 is 14.6 Å². The summed E-state index contributed by atoms with van der Waals surface area (Å²) in [6, 6.07) is 3.60. The molecule has 92 valence electrons. The van der Waals surface area contributed by atoms with E-state index in [1.807, 2.05) is 6.07 Å². The summed E-state index contributed by atoms with van der Waals surface area (Å²) in [4.78, 5) is 14.9. The first-order valence-corrected chi connectivity index (χ1v) is 5.64. The first-order valence-electron chi connectivity index (χ1n) is 5.64. The van der Waals surface area contributed by atoms with Gasteiger partial charge in [0.1, 0.15) is 0 Å². The van der Waals surface area contributed by atoms with Crippen LogP contribution in [0.1, 0.15) is 25.7 Å². The molecular formula is C12H16N2O3. The molecule has 1 aromatic rings. The Morgan fingerprint density at radius 2 is 2.41 bits per heavy atom. The normalized spacial score (nSPS) is 17.0. The number of methoxy groups -OCH3 is 1. The van der Waals surface area contributed by atoms with Crippen LogP contribution in [0.3, 0.4) is 0 Å². The standard InChI is InChI=1S/C12H16N2O3/c1-17-10-7-9(3-6-13-10)14-12(4-2-5-12)8-11(15)16/h3,6-7H,2,4-5,8H2,1H3,(H,13,14)(H,15,16). The molecule has 1 fully saturated rings. The van der Waals surface area contributed by atoms with Gasteiger partial charge in [-0.05, 0) is 25.3 Å². The molecular weight excluding hydrogens is 220 g/mol. The molecule has 2 rings (SSSR count). The first-order chi connectivity index (χ1) is 8.13. The summed E-state index contributed by atoms with van der Waals surface area (Å²) in [7, 11) is 1.56. The molecule has 5 heteroatoms. The Balaban J connectivity index is 2.09. The minimum Gasteiger partial charge on any atom is -0.481 e. The topological polar surface area (TPSA) is 71.5 Å². The van der Waals surface area contributed by atoms with Crippen LogP contribution in [0.5, 0.6) is 5.88 Å². The average molecular weight is 236 g/mol. The summed E-state index contributed by atoms with van der Waals surface area (Å²) >= 11 is 0. The van der Waals surface area contributed by atoms with E-state index >= 15 is 0 Å². The van der Waals surface area contributed by atoms with Gasteiger partial charge < -0.3 is 15.2 Å². The van der Waals surface area contributed by atoms with E-state index in [1.165, 1.54) is 0 Å². The number of carboxylic acid groups (broad SMARTS) is 1. The van der Waals surface area contributed by atoms with Gasteiger partial charge in [-0.15, -0.1) is 0 Å². The molecule has 0 radical (unpaired) electrons. The average Bonchev–Trinajstić information content (AvgIpc) is 2.26. The molecule has 0 atom stereocenters. The molecule has 0 unspecified atom stereocenters. The van der Waals surface area contributed by atoms with Crippen LogP contribution in [0.2, 0.25) is 0 Å². The largest absolute Gasteiger partial charge is 0.481 e. The molecule has 1 aliphatic rings. The molecule has 1 aromatic heterocycles. The van der Waals surface area contributed by atoms with Crippen LogP contribution < -0.4 is 10.1 Å². The summed E-state index contributed by atoms with van der Waals surface area (Å²) < 4.78 is 5.03. The lowest BCUT2D eigenvalue weighted by Gasteiger charge is -2.42. The Bertz CT molecular complexity index is 416. The Labute approximate surface area is 99.8 Å². The molecule has 0 saturated heterocycles. The lowest BCUT2D eigenvalue weighted by atomic mass is 9.74. The number of hydrogen-bond acceptors (Lipinski definition) is 4. The van der Waals surface area contributed by atoms with Crippen molar-refractivity contribution in [2.75, 3.05) is 12.4 Å². The number of aliphatic carboxylic acids is 1. The summed E-state index contributed by atoms with van der Waals surface area (Å²) in [6.07, 6.45) is 4.66. The van der Waals surface area contributed by atoms with Crippen LogP contribution in [0, 0.1) is 0 Å². The number of aromatic nitrogens is 1. The third-order valence-corrected chi connectivity index (χ3v) is 3.15. The van der Waals surface area contributed by atoms with Gasteiger partial charge in [0.15, 0.2) is 0 Å². The van der Waals surface area contributed by atoms with Crippen LogP contribution in [0.15, 0.2) is 18.3 Å². The van der Waals surface area contributed by atoms with Crippen LogP contribution in [-0.4, -0.2) is 28.7 Å².